The average Bonchev–Trinajstić information content (AvgIpc) is 2.56. The van der Waals surface area contributed by atoms with Crippen molar-refractivity contribution in [1.29, 1.82) is 0 Å². The number of hydrogen-bond donors (Lipinski definition) is 1. The molecule has 1 heterocycles. The maximum atomic E-state index is 12.4. The minimum Gasteiger partial charge on any atom is -0.334 e. The van der Waals surface area contributed by atoms with Crippen molar-refractivity contribution in [2.75, 3.05) is 12.4 Å². The van der Waals surface area contributed by atoms with Gasteiger partial charge in [0.05, 0.1) is 0 Å². The number of carbonyl (C=O) groups is 2. The Labute approximate surface area is 142 Å². The van der Waals surface area contributed by atoms with Crippen LogP contribution in [-0.4, -0.2) is 34.8 Å². The van der Waals surface area contributed by atoms with Crippen LogP contribution in [0.3, 0.4) is 0 Å². The van der Waals surface area contributed by atoms with E-state index in [1.165, 1.54) is 4.90 Å². The van der Waals surface area contributed by atoms with E-state index < -0.39 is 11.8 Å². The molecule has 1 aromatic heterocycles. The van der Waals surface area contributed by atoms with Crippen molar-refractivity contribution in [3.63, 3.8) is 0 Å². The average molecular weight is 325 g/mol. The number of nitrogens with one attached hydrogen (secondary N) is 1. The molecule has 0 fully saturated rings. The van der Waals surface area contributed by atoms with Crippen LogP contribution in [0.1, 0.15) is 23.7 Å². The van der Waals surface area contributed by atoms with Gasteiger partial charge >= 0.3 is 11.8 Å². The Hall–Kier alpha value is -2.69. The van der Waals surface area contributed by atoms with Gasteiger partial charge in [-0.15, -0.1) is 0 Å². The highest BCUT2D eigenvalue weighted by Crippen LogP contribution is 2.16. The molecule has 1 aromatic carbocycles. The summed E-state index contributed by atoms with van der Waals surface area (Å²) in [5.41, 5.74) is 3.59. The van der Waals surface area contributed by atoms with Crippen LogP contribution >= 0.6 is 0 Å². The molecule has 2 rings (SSSR count). The summed E-state index contributed by atoms with van der Waals surface area (Å²) in [5, 5.41) is 2.69. The Morgan fingerprint density at radius 1 is 1.21 bits per heavy atom. The van der Waals surface area contributed by atoms with E-state index in [1.54, 1.807) is 13.2 Å². The molecule has 0 aliphatic heterocycles. The molecule has 0 bridgehead atoms. The first-order valence-electron chi connectivity index (χ1n) is 7.93. The molecule has 0 saturated heterocycles. The number of pyridine rings is 1. The van der Waals surface area contributed by atoms with Crippen LogP contribution in [0.5, 0.6) is 0 Å². The number of likely N-dealkylation sites (N-methyl/N-ethyl adjacent to an activating group) is 1. The van der Waals surface area contributed by atoms with Gasteiger partial charge in [0.1, 0.15) is 0 Å². The SMILES string of the molecule is Cc1ccc(NC(=O)C(=O)N(C)C(C)Cc2ccccn2)c(C)c1. The number of aryl methyl sites for hydroxylation is 2. The lowest BCUT2D eigenvalue weighted by Crippen LogP contribution is -2.43. The zero-order chi connectivity index (χ0) is 17.7. The van der Waals surface area contributed by atoms with E-state index in [0.717, 1.165) is 16.8 Å². The molecule has 126 valence electrons. The number of rotatable bonds is 4. The monoisotopic (exact) mass is 325 g/mol. The number of hydrogen-bond acceptors (Lipinski definition) is 3. The van der Waals surface area contributed by atoms with Gasteiger partial charge in [-0.3, -0.25) is 14.6 Å². The lowest BCUT2D eigenvalue weighted by molar-refractivity contribution is -0.143. The number of amides is 2. The molecule has 2 aromatic rings. The van der Waals surface area contributed by atoms with Gasteiger partial charge in [0.2, 0.25) is 0 Å². The Bertz CT molecular complexity index is 729. The first-order valence-corrected chi connectivity index (χ1v) is 7.93. The highest BCUT2D eigenvalue weighted by Gasteiger charge is 2.23. The quantitative estimate of drug-likeness (QED) is 0.879. The van der Waals surface area contributed by atoms with Gasteiger partial charge in [0.15, 0.2) is 0 Å². The summed E-state index contributed by atoms with van der Waals surface area (Å²) >= 11 is 0. The molecule has 1 unspecified atom stereocenters. The van der Waals surface area contributed by atoms with Crippen LogP contribution in [0.15, 0.2) is 42.6 Å². The molecule has 1 N–H and O–H groups in total. The van der Waals surface area contributed by atoms with E-state index in [-0.39, 0.29) is 6.04 Å². The largest absolute Gasteiger partial charge is 0.334 e. The summed E-state index contributed by atoms with van der Waals surface area (Å²) in [6.45, 7) is 5.79. The molecule has 0 aliphatic carbocycles. The highest BCUT2D eigenvalue weighted by molar-refractivity contribution is 6.39. The van der Waals surface area contributed by atoms with Crippen molar-refractivity contribution in [2.24, 2.45) is 0 Å². The number of nitrogens with zero attached hydrogens (tertiary/aromatic N) is 2. The number of benzene rings is 1. The molecule has 1 atom stereocenters. The molecule has 2 amide bonds. The molecule has 0 saturated carbocycles. The van der Waals surface area contributed by atoms with E-state index in [4.69, 9.17) is 0 Å². The molecule has 0 radical (unpaired) electrons. The first kappa shape index (κ1) is 17.7. The fourth-order valence-corrected chi connectivity index (χ4v) is 2.45. The van der Waals surface area contributed by atoms with E-state index in [1.807, 2.05) is 57.2 Å². The molecule has 5 heteroatoms. The number of carbonyl (C=O) groups excluding carboxylic acids is 2. The van der Waals surface area contributed by atoms with E-state index in [2.05, 4.69) is 10.3 Å². The lowest BCUT2D eigenvalue weighted by atomic mass is 10.1. The second-order valence-electron chi connectivity index (χ2n) is 6.06. The number of aromatic nitrogens is 1. The first-order chi connectivity index (χ1) is 11.4. The topological polar surface area (TPSA) is 62.3 Å². The van der Waals surface area contributed by atoms with Gasteiger partial charge in [0.25, 0.3) is 0 Å². The second kappa shape index (κ2) is 7.73. The minimum absolute atomic E-state index is 0.128. The normalized spacial score (nSPS) is 11.7. The molecule has 0 spiro atoms. The van der Waals surface area contributed by atoms with Crippen molar-refractivity contribution in [3.8, 4) is 0 Å². The van der Waals surface area contributed by atoms with Crippen LogP contribution in [0.4, 0.5) is 5.69 Å². The molecular formula is C19H23N3O2. The standard InChI is InChI=1S/C19H23N3O2/c1-13-8-9-17(14(2)11-13)21-18(23)19(24)22(4)15(3)12-16-7-5-6-10-20-16/h5-11,15H,12H2,1-4H3,(H,21,23). The molecule has 5 nitrogen and oxygen atoms in total. The maximum absolute atomic E-state index is 12.4. The van der Waals surface area contributed by atoms with Gasteiger partial charge in [-0.2, -0.15) is 0 Å². The fraction of sp³-hybridized carbons (Fsp3) is 0.316. The second-order valence-corrected chi connectivity index (χ2v) is 6.06. The van der Waals surface area contributed by atoms with Gasteiger partial charge in [0, 0.05) is 37.1 Å². The fourth-order valence-electron chi connectivity index (χ4n) is 2.45. The lowest BCUT2D eigenvalue weighted by Gasteiger charge is -2.24. The number of anilines is 1. The summed E-state index contributed by atoms with van der Waals surface area (Å²) in [6.07, 6.45) is 2.32. The Morgan fingerprint density at radius 2 is 1.96 bits per heavy atom. The zero-order valence-corrected chi connectivity index (χ0v) is 14.5. The summed E-state index contributed by atoms with van der Waals surface area (Å²) in [6, 6.07) is 11.2. The maximum Gasteiger partial charge on any atom is 0.313 e. The third-order valence-electron chi connectivity index (χ3n) is 4.04. The molecule has 24 heavy (non-hydrogen) atoms. The van der Waals surface area contributed by atoms with E-state index in [9.17, 15) is 9.59 Å². The van der Waals surface area contributed by atoms with Crippen molar-refractivity contribution in [2.45, 2.75) is 33.2 Å². The van der Waals surface area contributed by atoms with Gasteiger partial charge < -0.3 is 10.2 Å². The van der Waals surface area contributed by atoms with Crippen LogP contribution in [-0.2, 0) is 16.0 Å². The van der Waals surface area contributed by atoms with Gasteiger partial charge in [-0.05, 0) is 44.5 Å². The molecule has 0 aliphatic rings. The van der Waals surface area contributed by atoms with E-state index >= 15 is 0 Å². The Kier molecular flexibility index (Phi) is 5.68. The van der Waals surface area contributed by atoms with E-state index in [0.29, 0.717) is 12.1 Å². The third kappa shape index (κ3) is 4.41. The van der Waals surface area contributed by atoms with Crippen molar-refractivity contribution < 1.29 is 9.59 Å². The van der Waals surface area contributed by atoms with Gasteiger partial charge in [-0.25, -0.2) is 0 Å². The Balaban J connectivity index is 2.00. The predicted octanol–water partition coefficient (Wildman–Crippen LogP) is 2.73. The third-order valence-corrected chi connectivity index (χ3v) is 4.04. The zero-order valence-electron chi connectivity index (χ0n) is 14.5. The van der Waals surface area contributed by atoms with Crippen LogP contribution in [0.25, 0.3) is 0 Å². The van der Waals surface area contributed by atoms with Crippen LogP contribution in [0, 0.1) is 13.8 Å². The minimum atomic E-state index is -0.627. The highest BCUT2D eigenvalue weighted by atomic mass is 16.2. The summed E-state index contributed by atoms with van der Waals surface area (Å²) in [7, 11) is 1.64. The van der Waals surface area contributed by atoms with Crippen LogP contribution < -0.4 is 5.32 Å². The summed E-state index contributed by atoms with van der Waals surface area (Å²) < 4.78 is 0. The Morgan fingerprint density at radius 3 is 2.58 bits per heavy atom. The molecular weight excluding hydrogens is 302 g/mol. The van der Waals surface area contributed by atoms with Crippen molar-refractivity contribution in [1.82, 2.24) is 9.88 Å². The predicted molar refractivity (Wildman–Crippen MR) is 94.7 cm³/mol. The van der Waals surface area contributed by atoms with Gasteiger partial charge in [-0.1, -0.05) is 23.8 Å². The van der Waals surface area contributed by atoms with Crippen molar-refractivity contribution in [3.05, 3.63) is 59.4 Å². The van der Waals surface area contributed by atoms with Crippen molar-refractivity contribution >= 4 is 17.5 Å². The van der Waals surface area contributed by atoms with Crippen LogP contribution in [0.2, 0.25) is 0 Å². The summed E-state index contributed by atoms with van der Waals surface area (Å²) in [4.78, 5) is 30.3. The smallest absolute Gasteiger partial charge is 0.313 e. The summed E-state index contributed by atoms with van der Waals surface area (Å²) in [5.74, 6) is -1.18.